The van der Waals surface area contributed by atoms with E-state index in [1.165, 1.54) is 6.42 Å². The molecule has 2 fully saturated rings. The Morgan fingerprint density at radius 3 is 3.06 bits per heavy atom. The number of carbonyl (C=O) groups is 1. The first-order valence-corrected chi connectivity index (χ1v) is 6.80. The van der Waals surface area contributed by atoms with Crippen molar-refractivity contribution < 1.29 is 19.0 Å². The van der Waals surface area contributed by atoms with Gasteiger partial charge in [0.1, 0.15) is 0 Å². The van der Waals surface area contributed by atoms with E-state index in [1.54, 1.807) is 6.92 Å². The van der Waals surface area contributed by atoms with Crippen molar-refractivity contribution in [2.45, 2.75) is 38.9 Å². The van der Waals surface area contributed by atoms with E-state index in [1.807, 2.05) is 0 Å². The Balaban J connectivity index is 1.76. The first-order valence-electron chi connectivity index (χ1n) is 6.80. The molecule has 2 heterocycles. The van der Waals surface area contributed by atoms with E-state index in [0.29, 0.717) is 30.4 Å². The second kappa shape index (κ2) is 6.34. The third-order valence-electron chi connectivity index (χ3n) is 3.77. The molecular formula is C14H22O4. The van der Waals surface area contributed by atoms with Gasteiger partial charge in [0.2, 0.25) is 0 Å². The average Bonchev–Trinajstić information content (AvgIpc) is 2.79. The van der Waals surface area contributed by atoms with Gasteiger partial charge in [0.15, 0.2) is 6.29 Å². The lowest BCUT2D eigenvalue weighted by molar-refractivity contribution is -0.151. The number of ether oxygens (including phenoxy) is 3. The van der Waals surface area contributed by atoms with Crippen LogP contribution < -0.4 is 0 Å². The number of esters is 1. The van der Waals surface area contributed by atoms with Crippen LogP contribution in [0.2, 0.25) is 0 Å². The summed E-state index contributed by atoms with van der Waals surface area (Å²) >= 11 is 0. The predicted molar refractivity (Wildman–Crippen MR) is 66.9 cm³/mol. The first-order chi connectivity index (χ1) is 8.72. The van der Waals surface area contributed by atoms with Crippen molar-refractivity contribution in [2.24, 2.45) is 11.8 Å². The molecule has 0 aromatic heterocycles. The van der Waals surface area contributed by atoms with E-state index in [0.717, 1.165) is 26.1 Å². The zero-order valence-electron chi connectivity index (χ0n) is 11.0. The van der Waals surface area contributed by atoms with Gasteiger partial charge in [0, 0.05) is 18.1 Å². The zero-order valence-corrected chi connectivity index (χ0v) is 11.0. The predicted octanol–water partition coefficient (Wildman–Crippen LogP) is 2.29. The summed E-state index contributed by atoms with van der Waals surface area (Å²) in [6, 6.07) is 0. The molecule has 2 aliphatic rings. The molecule has 4 heteroatoms. The molecule has 102 valence electrons. The molecule has 2 aliphatic heterocycles. The highest BCUT2D eigenvalue weighted by Gasteiger charge is 2.39. The highest BCUT2D eigenvalue weighted by molar-refractivity contribution is 5.87. The minimum absolute atomic E-state index is 0.0143. The van der Waals surface area contributed by atoms with Gasteiger partial charge in [0.05, 0.1) is 13.2 Å². The zero-order chi connectivity index (χ0) is 13.0. The lowest BCUT2D eigenvalue weighted by atomic mass is 9.85. The molecule has 18 heavy (non-hydrogen) atoms. The SMILES string of the molecule is C=C(CC[C@@H]1CO[C@@H]2OCCC[C@H]12)C(=O)OCC. The van der Waals surface area contributed by atoms with Crippen LogP contribution in [-0.4, -0.2) is 32.1 Å². The Morgan fingerprint density at radius 2 is 2.28 bits per heavy atom. The Bertz CT molecular complexity index is 313. The molecule has 0 bridgehead atoms. The normalized spacial score (nSPS) is 30.8. The van der Waals surface area contributed by atoms with Gasteiger partial charge in [-0.1, -0.05) is 6.58 Å². The standard InChI is InChI=1S/C14H22O4/c1-3-16-13(15)10(2)6-7-11-9-18-14-12(11)5-4-8-17-14/h11-12,14H,2-9H2,1H3/t11-,12-,14+/m1/s1. The molecule has 2 rings (SSSR count). The molecule has 3 atom stereocenters. The Hall–Kier alpha value is -0.870. The summed E-state index contributed by atoms with van der Waals surface area (Å²) in [6.45, 7) is 7.55. The number of hydrogen-bond acceptors (Lipinski definition) is 4. The maximum Gasteiger partial charge on any atom is 0.333 e. The maximum absolute atomic E-state index is 11.5. The second-order valence-corrected chi connectivity index (χ2v) is 5.00. The van der Waals surface area contributed by atoms with Crippen LogP contribution in [0.3, 0.4) is 0 Å². The van der Waals surface area contributed by atoms with Crippen LogP contribution >= 0.6 is 0 Å². The van der Waals surface area contributed by atoms with Gasteiger partial charge in [-0.2, -0.15) is 0 Å². The van der Waals surface area contributed by atoms with Gasteiger partial charge in [0.25, 0.3) is 0 Å². The molecular weight excluding hydrogens is 232 g/mol. The summed E-state index contributed by atoms with van der Waals surface area (Å²) in [4.78, 5) is 11.5. The molecule has 0 spiro atoms. The fraction of sp³-hybridized carbons (Fsp3) is 0.786. The smallest absolute Gasteiger partial charge is 0.333 e. The molecule has 0 saturated carbocycles. The molecule has 0 radical (unpaired) electrons. The van der Waals surface area contributed by atoms with Crippen molar-refractivity contribution in [2.75, 3.05) is 19.8 Å². The maximum atomic E-state index is 11.5. The molecule has 4 nitrogen and oxygen atoms in total. The van der Waals surface area contributed by atoms with E-state index in [2.05, 4.69) is 6.58 Å². The van der Waals surface area contributed by atoms with E-state index in [9.17, 15) is 4.79 Å². The number of hydrogen-bond donors (Lipinski definition) is 0. The van der Waals surface area contributed by atoms with Crippen molar-refractivity contribution in [3.05, 3.63) is 12.2 Å². The van der Waals surface area contributed by atoms with Gasteiger partial charge in [-0.15, -0.1) is 0 Å². The van der Waals surface area contributed by atoms with Crippen LogP contribution in [0.25, 0.3) is 0 Å². The van der Waals surface area contributed by atoms with E-state index in [-0.39, 0.29) is 12.3 Å². The summed E-state index contributed by atoms with van der Waals surface area (Å²) in [5, 5.41) is 0. The van der Waals surface area contributed by atoms with Crippen molar-refractivity contribution in [1.82, 2.24) is 0 Å². The van der Waals surface area contributed by atoms with Gasteiger partial charge in [-0.3, -0.25) is 0 Å². The number of rotatable bonds is 5. The van der Waals surface area contributed by atoms with Gasteiger partial charge >= 0.3 is 5.97 Å². The first kappa shape index (κ1) is 13.6. The van der Waals surface area contributed by atoms with Crippen LogP contribution in [0, 0.1) is 11.8 Å². The van der Waals surface area contributed by atoms with Crippen LogP contribution in [0.1, 0.15) is 32.6 Å². The van der Waals surface area contributed by atoms with Gasteiger partial charge in [-0.05, 0) is 38.5 Å². The lowest BCUT2D eigenvalue weighted by Crippen LogP contribution is -2.28. The van der Waals surface area contributed by atoms with Crippen LogP contribution in [0.15, 0.2) is 12.2 Å². The van der Waals surface area contributed by atoms with Crippen molar-refractivity contribution in [1.29, 1.82) is 0 Å². The highest BCUT2D eigenvalue weighted by atomic mass is 16.7. The highest BCUT2D eigenvalue weighted by Crippen LogP contribution is 2.37. The number of fused-ring (bicyclic) bond motifs is 1. The van der Waals surface area contributed by atoms with E-state index >= 15 is 0 Å². The minimum atomic E-state index is -0.271. The van der Waals surface area contributed by atoms with Crippen LogP contribution in [0.4, 0.5) is 0 Å². The van der Waals surface area contributed by atoms with Crippen molar-refractivity contribution >= 4 is 5.97 Å². The van der Waals surface area contributed by atoms with Gasteiger partial charge in [-0.25, -0.2) is 4.79 Å². The quantitative estimate of drug-likeness (QED) is 0.558. The molecule has 0 amide bonds. The molecule has 0 aliphatic carbocycles. The fourth-order valence-corrected chi connectivity index (χ4v) is 2.74. The molecule has 0 aromatic rings. The topological polar surface area (TPSA) is 44.8 Å². The van der Waals surface area contributed by atoms with E-state index < -0.39 is 0 Å². The third-order valence-corrected chi connectivity index (χ3v) is 3.77. The van der Waals surface area contributed by atoms with E-state index in [4.69, 9.17) is 14.2 Å². The molecule has 0 unspecified atom stereocenters. The average molecular weight is 254 g/mol. The van der Waals surface area contributed by atoms with Gasteiger partial charge < -0.3 is 14.2 Å². The summed E-state index contributed by atoms with van der Waals surface area (Å²) in [5.41, 5.74) is 0.567. The second-order valence-electron chi connectivity index (χ2n) is 5.00. The molecule has 0 N–H and O–H groups in total. The third kappa shape index (κ3) is 3.12. The molecule has 0 aromatic carbocycles. The Kier molecular flexibility index (Phi) is 4.78. The fourth-order valence-electron chi connectivity index (χ4n) is 2.74. The van der Waals surface area contributed by atoms with Crippen molar-refractivity contribution in [3.63, 3.8) is 0 Å². The minimum Gasteiger partial charge on any atom is -0.463 e. The summed E-state index contributed by atoms with van der Waals surface area (Å²) in [6.07, 6.45) is 3.89. The monoisotopic (exact) mass is 254 g/mol. The molecule has 2 saturated heterocycles. The van der Waals surface area contributed by atoms with Crippen molar-refractivity contribution in [3.8, 4) is 0 Å². The lowest BCUT2D eigenvalue weighted by Gasteiger charge is -2.27. The summed E-state index contributed by atoms with van der Waals surface area (Å²) in [5.74, 6) is 0.711. The van der Waals surface area contributed by atoms with Crippen LogP contribution in [0.5, 0.6) is 0 Å². The largest absolute Gasteiger partial charge is 0.463 e. The summed E-state index contributed by atoms with van der Waals surface area (Å²) < 4.78 is 16.2. The Labute approximate surface area is 108 Å². The number of carbonyl (C=O) groups excluding carboxylic acids is 1. The van der Waals surface area contributed by atoms with Crippen LogP contribution in [-0.2, 0) is 19.0 Å². The Morgan fingerprint density at radius 1 is 1.44 bits per heavy atom. The summed E-state index contributed by atoms with van der Waals surface area (Å²) in [7, 11) is 0.